The number of hydrogen-bond donors (Lipinski definition) is 1. The Hall–Kier alpha value is -1.46. The van der Waals surface area contributed by atoms with Crippen LogP contribution in [0, 0.1) is 0 Å². The second-order valence-corrected chi connectivity index (χ2v) is 4.18. The lowest BCUT2D eigenvalue weighted by Gasteiger charge is -2.22. The predicted molar refractivity (Wildman–Crippen MR) is 64.6 cm³/mol. The van der Waals surface area contributed by atoms with Crippen molar-refractivity contribution >= 4 is 0 Å². The molecular formula is C12H18N2O3. The summed E-state index contributed by atoms with van der Waals surface area (Å²) in [4.78, 5) is 2.05. The topological polar surface area (TPSA) is 57.0 Å². The van der Waals surface area contributed by atoms with Gasteiger partial charge in [-0.05, 0) is 26.2 Å². The first-order valence-corrected chi connectivity index (χ1v) is 5.59. The van der Waals surface area contributed by atoms with Crippen molar-refractivity contribution in [3.63, 3.8) is 0 Å². The Bertz CT molecular complexity index is 382. The van der Waals surface area contributed by atoms with E-state index in [-0.39, 0.29) is 12.8 Å². The molecule has 1 aliphatic heterocycles. The number of rotatable bonds is 5. The monoisotopic (exact) mass is 238 g/mol. The summed E-state index contributed by atoms with van der Waals surface area (Å²) in [6.45, 7) is 1.41. The van der Waals surface area contributed by atoms with Crippen LogP contribution in [0.5, 0.6) is 17.2 Å². The maximum atomic E-state index is 5.69. The van der Waals surface area contributed by atoms with Gasteiger partial charge in [0.15, 0.2) is 11.5 Å². The Morgan fingerprint density at radius 2 is 2.12 bits per heavy atom. The maximum Gasteiger partial charge on any atom is 0.231 e. The molecule has 5 nitrogen and oxygen atoms in total. The van der Waals surface area contributed by atoms with Gasteiger partial charge in [0.25, 0.3) is 0 Å². The smallest absolute Gasteiger partial charge is 0.231 e. The fourth-order valence-electron chi connectivity index (χ4n) is 1.59. The zero-order valence-corrected chi connectivity index (χ0v) is 10.2. The summed E-state index contributed by atoms with van der Waals surface area (Å²) in [6.07, 6.45) is 0. The lowest BCUT2D eigenvalue weighted by atomic mass is 10.3. The average molecular weight is 238 g/mol. The summed E-state index contributed by atoms with van der Waals surface area (Å²) in [5.74, 6) is 2.27. The number of hydrogen-bond acceptors (Lipinski definition) is 5. The minimum atomic E-state index is 0.209. The van der Waals surface area contributed by atoms with Crippen LogP contribution < -0.4 is 19.9 Å². The van der Waals surface area contributed by atoms with Crippen LogP contribution in [0.1, 0.15) is 0 Å². The molecular weight excluding hydrogens is 220 g/mol. The van der Waals surface area contributed by atoms with E-state index in [2.05, 4.69) is 0 Å². The highest BCUT2D eigenvalue weighted by atomic mass is 16.7. The minimum absolute atomic E-state index is 0.209. The van der Waals surface area contributed by atoms with Gasteiger partial charge in [-0.2, -0.15) is 0 Å². The first-order chi connectivity index (χ1) is 8.20. The van der Waals surface area contributed by atoms with Gasteiger partial charge in [-0.1, -0.05) is 0 Å². The highest BCUT2D eigenvalue weighted by molar-refractivity contribution is 5.46. The van der Waals surface area contributed by atoms with E-state index < -0.39 is 0 Å². The highest BCUT2D eigenvalue weighted by Crippen LogP contribution is 2.35. The van der Waals surface area contributed by atoms with Crippen LogP contribution in [-0.4, -0.2) is 45.0 Å². The summed E-state index contributed by atoms with van der Waals surface area (Å²) in [7, 11) is 3.97. The predicted octanol–water partition coefficient (Wildman–Crippen LogP) is 0.683. The molecule has 1 aromatic carbocycles. The summed E-state index contributed by atoms with van der Waals surface area (Å²) < 4.78 is 16.2. The fourth-order valence-corrected chi connectivity index (χ4v) is 1.59. The second-order valence-electron chi connectivity index (χ2n) is 4.18. The van der Waals surface area contributed by atoms with Gasteiger partial charge in [0.05, 0.1) is 6.04 Å². The van der Waals surface area contributed by atoms with Crippen LogP contribution in [0.3, 0.4) is 0 Å². The normalized spacial score (nSPS) is 15.1. The van der Waals surface area contributed by atoms with Crippen molar-refractivity contribution in [2.24, 2.45) is 5.73 Å². The van der Waals surface area contributed by atoms with Crippen molar-refractivity contribution in [1.82, 2.24) is 4.90 Å². The van der Waals surface area contributed by atoms with Crippen LogP contribution in [0.4, 0.5) is 0 Å². The molecule has 0 radical (unpaired) electrons. The number of fused-ring (bicyclic) bond motifs is 1. The third kappa shape index (κ3) is 2.81. The lowest BCUT2D eigenvalue weighted by molar-refractivity contribution is 0.173. The summed E-state index contributed by atoms with van der Waals surface area (Å²) >= 11 is 0. The van der Waals surface area contributed by atoms with Crippen LogP contribution in [0.25, 0.3) is 0 Å². The van der Waals surface area contributed by atoms with Crippen molar-refractivity contribution in [2.75, 3.05) is 34.0 Å². The highest BCUT2D eigenvalue weighted by Gasteiger charge is 2.15. The first-order valence-electron chi connectivity index (χ1n) is 5.59. The van der Waals surface area contributed by atoms with Gasteiger partial charge in [0.2, 0.25) is 6.79 Å². The minimum Gasteiger partial charge on any atom is -0.492 e. The summed E-state index contributed by atoms with van der Waals surface area (Å²) in [5.41, 5.74) is 5.66. The van der Waals surface area contributed by atoms with Gasteiger partial charge in [0.1, 0.15) is 12.4 Å². The Morgan fingerprint density at radius 3 is 2.82 bits per heavy atom. The van der Waals surface area contributed by atoms with E-state index in [0.29, 0.717) is 13.2 Å². The molecule has 0 spiro atoms. The molecule has 1 atom stereocenters. The van der Waals surface area contributed by atoms with Crippen molar-refractivity contribution in [1.29, 1.82) is 0 Å². The molecule has 0 aliphatic carbocycles. The molecule has 0 aromatic heterocycles. The molecule has 5 heteroatoms. The lowest BCUT2D eigenvalue weighted by Crippen LogP contribution is -2.39. The van der Waals surface area contributed by atoms with Crippen LogP contribution in [0.15, 0.2) is 18.2 Å². The molecule has 2 rings (SSSR count). The van der Waals surface area contributed by atoms with Gasteiger partial charge in [-0.3, -0.25) is 0 Å². The van der Waals surface area contributed by atoms with Crippen molar-refractivity contribution < 1.29 is 14.2 Å². The van der Waals surface area contributed by atoms with Crippen LogP contribution in [-0.2, 0) is 0 Å². The summed E-state index contributed by atoms with van der Waals surface area (Å²) in [6, 6.07) is 5.77. The SMILES string of the molecule is CN(C)C(CN)COc1ccc2c(c1)OCO2. The molecule has 17 heavy (non-hydrogen) atoms. The molecule has 0 saturated heterocycles. The third-order valence-corrected chi connectivity index (χ3v) is 2.79. The number of likely N-dealkylation sites (N-methyl/N-ethyl adjacent to an activating group) is 1. The largest absolute Gasteiger partial charge is 0.492 e. The number of nitrogens with two attached hydrogens (primary N) is 1. The Balaban J connectivity index is 1.95. The van der Waals surface area contributed by atoms with Gasteiger partial charge in [-0.25, -0.2) is 0 Å². The zero-order chi connectivity index (χ0) is 12.3. The molecule has 0 bridgehead atoms. The Morgan fingerprint density at radius 1 is 1.35 bits per heavy atom. The molecule has 1 heterocycles. The number of ether oxygens (including phenoxy) is 3. The van der Waals surface area contributed by atoms with Crippen molar-refractivity contribution in [2.45, 2.75) is 6.04 Å². The molecule has 0 saturated carbocycles. The molecule has 0 amide bonds. The van der Waals surface area contributed by atoms with Gasteiger partial charge < -0.3 is 24.8 Å². The van der Waals surface area contributed by atoms with E-state index in [0.717, 1.165) is 17.2 Å². The van der Waals surface area contributed by atoms with E-state index >= 15 is 0 Å². The quantitative estimate of drug-likeness (QED) is 0.817. The van der Waals surface area contributed by atoms with Gasteiger partial charge >= 0.3 is 0 Å². The molecule has 1 unspecified atom stereocenters. The van der Waals surface area contributed by atoms with Crippen molar-refractivity contribution in [3.05, 3.63) is 18.2 Å². The molecule has 2 N–H and O–H groups in total. The van der Waals surface area contributed by atoms with E-state index in [1.807, 2.05) is 37.2 Å². The molecule has 94 valence electrons. The summed E-state index contributed by atoms with van der Waals surface area (Å²) in [5, 5.41) is 0. The maximum absolute atomic E-state index is 5.69. The Labute approximate surface area is 101 Å². The van der Waals surface area contributed by atoms with E-state index in [1.165, 1.54) is 0 Å². The van der Waals surface area contributed by atoms with Crippen LogP contribution in [0.2, 0.25) is 0 Å². The average Bonchev–Trinajstić information content (AvgIpc) is 2.76. The van der Waals surface area contributed by atoms with E-state index in [1.54, 1.807) is 0 Å². The van der Waals surface area contributed by atoms with Crippen LogP contribution >= 0.6 is 0 Å². The van der Waals surface area contributed by atoms with Gasteiger partial charge in [0, 0.05) is 12.6 Å². The molecule has 1 aliphatic rings. The number of nitrogens with zero attached hydrogens (tertiary/aromatic N) is 1. The zero-order valence-electron chi connectivity index (χ0n) is 10.2. The molecule has 0 fully saturated rings. The number of benzene rings is 1. The first kappa shape index (κ1) is 12.0. The van der Waals surface area contributed by atoms with Crippen molar-refractivity contribution in [3.8, 4) is 17.2 Å². The Kier molecular flexibility index (Phi) is 3.71. The molecule has 1 aromatic rings. The fraction of sp³-hybridized carbons (Fsp3) is 0.500. The second kappa shape index (κ2) is 5.25. The van der Waals surface area contributed by atoms with Gasteiger partial charge in [-0.15, -0.1) is 0 Å². The van der Waals surface area contributed by atoms with E-state index in [4.69, 9.17) is 19.9 Å². The standard InChI is InChI=1S/C12H18N2O3/c1-14(2)9(6-13)7-15-10-3-4-11-12(5-10)17-8-16-11/h3-5,9H,6-8,13H2,1-2H3. The third-order valence-electron chi connectivity index (χ3n) is 2.79. The van der Waals surface area contributed by atoms with E-state index in [9.17, 15) is 0 Å².